The first kappa shape index (κ1) is 21.3. The maximum Gasteiger partial charge on any atom is 0.341 e. The van der Waals surface area contributed by atoms with E-state index in [2.05, 4.69) is 6.58 Å². The molecule has 0 unspecified atom stereocenters. The number of esters is 4. The van der Waals surface area contributed by atoms with Gasteiger partial charge in [-0.3, -0.25) is 9.59 Å². The highest BCUT2D eigenvalue weighted by atomic mass is 16.7. The average molecular weight is 432 g/mol. The summed E-state index contributed by atoms with van der Waals surface area (Å²) >= 11 is 0. The summed E-state index contributed by atoms with van der Waals surface area (Å²) in [7, 11) is 1.21. The van der Waals surface area contributed by atoms with Gasteiger partial charge >= 0.3 is 23.9 Å². The number of rotatable bonds is 4. The van der Waals surface area contributed by atoms with E-state index in [0.29, 0.717) is 0 Å². The van der Waals surface area contributed by atoms with Gasteiger partial charge in [0, 0.05) is 18.4 Å². The van der Waals surface area contributed by atoms with Crippen molar-refractivity contribution in [1.82, 2.24) is 0 Å². The third kappa shape index (κ3) is 2.94. The largest absolute Gasteiger partial charge is 0.468 e. The number of epoxide rings is 1. The summed E-state index contributed by atoms with van der Waals surface area (Å²) in [6.45, 7) is 8.30. The molecule has 2 aliphatic carbocycles. The van der Waals surface area contributed by atoms with Crippen molar-refractivity contribution in [3.8, 4) is 0 Å². The standard InChI is InChI=1S/C22H24O9/c1-10-14-15(29-18(10)24)13-8-6-7-9-22(13,20(26)27-5)17(28-12(3)23)16(14)30-19(25)21(4)11(2)31-21/h6-9,11,13-17H,1H2,2-5H3/t11-,13+,14-,15+,16-,17+,21-,22+/m0/s1. The van der Waals surface area contributed by atoms with Crippen molar-refractivity contribution in [3.05, 3.63) is 36.5 Å². The van der Waals surface area contributed by atoms with Crippen molar-refractivity contribution < 1.29 is 42.9 Å². The second-order valence-corrected chi connectivity index (χ2v) is 8.38. The Morgan fingerprint density at radius 1 is 1.16 bits per heavy atom. The summed E-state index contributed by atoms with van der Waals surface area (Å²) in [6.07, 6.45) is 2.82. The Balaban J connectivity index is 1.85. The number of fused-ring (bicyclic) bond motifs is 3. The summed E-state index contributed by atoms with van der Waals surface area (Å²) in [4.78, 5) is 50.6. The van der Waals surface area contributed by atoms with Crippen LogP contribution in [0.4, 0.5) is 0 Å². The van der Waals surface area contributed by atoms with Crippen molar-refractivity contribution in [3.63, 3.8) is 0 Å². The Kier molecular flexibility index (Phi) is 4.84. The molecule has 0 amide bonds. The van der Waals surface area contributed by atoms with Gasteiger partial charge in [-0.1, -0.05) is 30.9 Å². The molecular weight excluding hydrogens is 408 g/mol. The first-order valence-corrected chi connectivity index (χ1v) is 9.98. The molecule has 166 valence electrons. The van der Waals surface area contributed by atoms with Gasteiger partial charge in [-0.15, -0.1) is 0 Å². The molecule has 4 aliphatic rings. The predicted molar refractivity (Wildman–Crippen MR) is 103 cm³/mol. The van der Waals surface area contributed by atoms with Crippen molar-refractivity contribution in [2.75, 3.05) is 7.11 Å². The van der Waals surface area contributed by atoms with E-state index in [-0.39, 0.29) is 11.7 Å². The van der Waals surface area contributed by atoms with Crippen molar-refractivity contribution in [1.29, 1.82) is 0 Å². The minimum Gasteiger partial charge on any atom is -0.468 e. The number of carbonyl (C=O) groups is 4. The summed E-state index contributed by atoms with van der Waals surface area (Å²) in [5, 5.41) is 0. The summed E-state index contributed by atoms with van der Waals surface area (Å²) in [5.74, 6) is -4.29. The zero-order valence-electron chi connectivity index (χ0n) is 17.7. The van der Waals surface area contributed by atoms with Gasteiger partial charge in [0.05, 0.1) is 19.1 Å². The lowest BCUT2D eigenvalue weighted by atomic mass is 9.57. The molecule has 0 aromatic rings. The highest BCUT2D eigenvalue weighted by Gasteiger charge is 2.70. The van der Waals surface area contributed by atoms with Gasteiger partial charge in [-0.05, 0) is 13.8 Å². The fourth-order valence-electron chi connectivity index (χ4n) is 4.85. The molecular formula is C22H24O9. The zero-order valence-corrected chi connectivity index (χ0v) is 17.7. The number of allylic oxidation sites excluding steroid dienone is 2. The van der Waals surface area contributed by atoms with Gasteiger partial charge < -0.3 is 23.7 Å². The van der Waals surface area contributed by atoms with Crippen molar-refractivity contribution in [2.24, 2.45) is 17.3 Å². The van der Waals surface area contributed by atoms with Crippen LogP contribution in [-0.2, 0) is 42.9 Å². The van der Waals surface area contributed by atoms with Crippen LogP contribution in [0.3, 0.4) is 0 Å². The SMILES string of the molecule is C=C1C(=O)O[C@H]2[C@H]1[C@H](OC(=O)[C@@]1(C)O[C@H]1C)[C@@H](OC(C)=O)[C@@]1(C(=O)OC)C=CC=C[C@H]21. The maximum absolute atomic E-state index is 13.1. The lowest BCUT2D eigenvalue weighted by Crippen LogP contribution is -2.65. The molecule has 4 rings (SSSR count). The van der Waals surface area contributed by atoms with E-state index in [1.54, 1.807) is 38.2 Å². The molecule has 2 saturated heterocycles. The van der Waals surface area contributed by atoms with Gasteiger partial charge in [-0.2, -0.15) is 0 Å². The van der Waals surface area contributed by atoms with Crippen LogP contribution in [0.5, 0.6) is 0 Å². The molecule has 0 bridgehead atoms. The molecule has 0 aromatic heterocycles. The molecule has 3 fully saturated rings. The zero-order chi connectivity index (χ0) is 22.7. The van der Waals surface area contributed by atoms with E-state index in [1.807, 2.05) is 0 Å². The minimum atomic E-state index is -1.57. The molecule has 0 aromatic carbocycles. The van der Waals surface area contributed by atoms with E-state index < -0.39 is 65.0 Å². The molecule has 9 heteroatoms. The quantitative estimate of drug-likeness (QED) is 0.278. The fourth-order valence-corrected chi connectivity index (χ4v) is 4.85. The fraction of sp³-hybridized carbons (Fsp3) is 0.545. The van der Waals surface area contributed by atoms with Crippen LogP contribution in [0.25, 0.3) is 0 Å². The Bertz CT molecular complexity index is 933. The Morgan fingerprint density at radius 2 is 1.84 bits per heavy atom. The van der Waals surface area contributed by atoms with E-state index in [0.717, 1.165) is 0 Å². The first-order chi connectivity index (χ1) is 14.6. The first-order valence-electron chi connectivity index (χ1n) is 9.98. The van der Waals surface area contributed by atoms with Crippen LogP contribution in [-0.4, -0.2) is 61.0 Å². The van der Waals surface area contributed by atoms with Gasteiger partial charge in [0.2, 0.25) is 0 Å². The van der Waals surface area contributed by atoms with Crippen LogP contribution in [0.1, 0.15) is 20.8 Å². The van der Waals surface area contributed by atoms with Crippen LogP contribution in [0.2, 0.25) is 0 Å². The van der Waals surface area contributed by atoms with Crippen LogP contribution < -0.4 is 0 Å². The normalized spacial score (nSPS) is 42.2. The second-order valence-electron chi connectivity index (χ2n) is 8.38. The van der Waals surface area contributed by atoms with Crippen LogP contribution in [0, 0.1) is 17.3 Å². The lowest BCUT2D eigenvalue weighted by Gasteiger charge is -2.51. The van der Waals surface area contributed by atoms with E-state index in [4.69, 9.17) is 23.7 Å². The number of methoxy groups -OCH3 is 1. The number of carbonyl (C=O) groups excluding carboxylic acids is 4. The Labute approximate surface area is 179 Å². The topological polar surface area (TPSA) is 118 Å². The molecule has 31 heavy (non-hydrogen) atoms. The Morgan fingerprint density at radius 3 is 2.42 bits per heavy atom. The van der Waals surface area contributed by atoms with Gasteiger partial charge in [0.25, 0.3) is 0 Å². The lowest BCUT2D eigenvalue weighted by molar-refractivity contribution is -0.214. The summed E-state index contributed by atoms with van der Waals surface area (Å²) < 4.78 is 27.4. The predicted octanol–water partition coefficient (Wildman–Crippen LogP) is 1.02. The second kappa shape index (κ2) is 7.05. The highest BCUT2D eigenvalue weighted by Crippen LogP contribution is 2.55. The third-order valence-corrected chi connectivity index (χ3v) is 6.71. The summed E-state index contributed by atoms with van der Waals surface area (Å²) in [6, 6.07) is 0. The molecule has 8 atom stereocenters. The maximum atomic E-state index is 13.1. The monoisotopic (exact) mass is 432 g/mol. The molecule has 0 N–H and O–H groups in total. The number of hydrogen-bond donors (Lipinski definition) is 0. The third-order valence-electron chi connectivity index (χ3n) is 6.71. The van der Waals surface area contributed by atoms with Gasteiger partial charge in [0.1, 0.15) is 11.5 Å². The van der Waals surface area contributed by atoms with Crippen molar-refractivity contribution >= 4 is 23.9 Å². The van der Waals surface area contributed by atoms with Gasteiger partial charge in [-0.25, -0.2) is 9.59 Å². The smallest absolute Gasteiger partial charge is 0.341 e. The average Bonchev–Trinajstić information content (AvgIpc) is 3.25. The van der Waals surface area contributed by atoms with E-state index in [1.165, 1.54) is 14.0 Å². The minimum absolute atomic E-state index is 0.0799. The van der Waals surface area contributed by atoms with Gasteiger partial charge in [0.15, 0.2) is 17.8 Å². The van der Waals surface area contributed by atoms with Crippen molar-refractivity contribution in [2.45, 2.75) is 50.8 Å². The molecule has 0 radical (unpaired) electrons. The molecule has 9 nitrogen and oxygen atoms in total. The van der Waals surface area contributed by atoms with E-state index in [9.17, 15) is 19.2 Å². The number of hydrogen-bond acceptors (Lipinski definition) is 9. The summed E-state index contributed by atoms with van der Waals surface area (Å²) in [5.41, 5.74) is -2.65. The van der Waals surface area contributed by atoms with Crippen LogP contribution >= 0.6 is 0 Å². The molecule has 1 saturated carbocycles. The molecule has 0 spiro atoms. The molecule has 2 aliphatic heterocycles. The number of ether oxygens (including phenoxy) is 5. The van der Waals surface area contributed by atoms with E-state index >= 15 is 0 Å². The van der Waals surface area contributed by atoms with Crippen LogP contribution in [0.15, 0.2) is 36.5 Å². The Hall–Kier alpha value is -2.94. The molecule has 2 heterocycles. The highest BCUT2D eigenvalue weighted by molar-refractivity contribution is 5.92.